The zero-order valence-corrected chi connectivity index (χ0v) is 6.89. The molecule has 4 heteroatoms. The van der Waals surface area contributed by atoms with Gasteiger partial charge in [-0.25, -0.2) is 9.24 Å². The molecule has 1 rings (SSSR count). The highest BCUT2D eigenvalue weighted by molar-refractivity contribution is 9.10. The summed E-state index contributed by atoms with van der Waals surface area (Å²) in [6, 6.07) is 2.61. The van der Waals surface area contributed by atoms with E-state index in [-0.39, 0.29) is 5.69 Å². The van der Waals surface area contributed by atoms with Crippen molar-refractivity contribution in [2.45, 2.75) is 0 Å². The van der Waals surface area contributed by atoms with E-state index in [1.54, 1.807) is 0 Å². The lowest BCUT2D eigenvalue weighted by atomic mass is 10.3. The number of benzene rings is 1. The number of rotatable bonds is 0. The lowest BCUT2D eigenvalue weighted by Gasteiger charge is -1.98. The van der Waals surface area contributed by atoms with Gasteiger partial charge in [-0.1, -0.05) is 22.0 Å². The summed E-state index contributed by atoms with van der Waals surface area (Å²) in [4.78, 5) is 2.90. The summed E-state index contributed by atoms with van der Waals surface area (Å²) in [6.07, 6.45) is 0. The zero-order chi connectivity index (χ0) is 8.43. The Hall–Kier alpha value is -1.08. The van der Waals surface area contributed by atoms with Gasteiger partial charge in [-0.05, 0) is 6.07 Å². The predicted molar refractivity (Wildman–Crippen MR) is 42.0 cm³/mol. The van der Waals surface area contributed by atoms with Crippen molar-refractivity contribution in [1.82, 2.24) is 0 Å². The van der Waals surface area contributed by atoms with Crippen LogP contribution in [0.4, 0.5) is 10.1 Å². The Kier molecular flexibility index (Phi) is 2.11. The van der Waals surface area contributed by atoms with Crippen LogP contribution in [0.3, 0.4) is 0 Å². The lowest BCUT2D eigenvalue weighted by molar-refractivity contribution is 0.434. The fourth-order valence-electron chi connectivity index (χ4n) is 0.633. The Morgan fingerprint density at radius 2 is 2.18 bits per heavy atom. The molecule has 0 fully saturated rings. The number of halogens is 2. The van der Waals surface area contributed by atoms with Crippen molar-refractivity contribution in [1.29, 1.82) is 0 Å². The van der Waals surface area contributed by atoms with Gasteiger partial charge in [-0.3, -0.25) is 0 Å². The van der Waals surface area contributed by atoms with Gasteiger partial charge in [0.15, 0.2) is 5.82 Å². The number of hydrogen-bond acceptors (Lipinski definition) is 1. The van der Waals surface area contributed by atoms with Crippen LogP contribution >= 0.6 is 15.9 Å². The second-order valence-electron chi connectivity index (χ2n) is 1.84. The molecule has 56 valence electrons. The molecule has 0 aromatic heterocycles. The molecule has 0 saturated carbocycles. The first-order valence-electron chi connectivity index (χ1n) is 2.71. The van der Waals surface area contributed by atoms with Crippen molar-refractivity contribution in [3.63, 3.8) is 0 Å². The fourth-order valence-corrected chi connectivity index (χ4v) is 1.03. The van der Waals surface area contributed by atoms with Crippen molar-refractivity contribution in [2.75, 3.05) is 0 Å². The van der Waals surface area contributed by atoms with Gasteiger partial charge in [0.25, 0.3) is 0 Å². The van der Waals surface area contributed by atoms with Gasteiger partial charge in [-0.15, -0.1) is 0 Å². The minimum absolute atomic E-state index is 0.190. The summed E-state index contributed by atoms with van der Waals surface area (Å²) in [5.41, 5.74) is -0.190. The zero-order valence-electron chi connectivity index (χ0n) is 5.31. The number of phenols is 1. The molecule has 1 aromatic rings. The molecule has 0 spiro atoms. The Morgan fingerprint density at radius 1 is 1.55 bits per heavy atom. The monoisotopic (exact) mass is 215 g/mol. The van der Waals surface area contributed by atoms with Gasteiger partial charge in [0, 0.05) is 4.47 Å². The molecule has 0 radical (unpaired) electrons. The molecular weight excluding hydrogens is 213 g/mol. The summed E-state index contributed by atoms with van der Waals surface area (Å²) in [5.74, 6) is -1.38. The average molecular weight is 216 g/mol. The molecule has 0 aliphatic carbocycles. The number of nitrogens with zero attached hydrogens (tertiary/aromatic N) is 1. The summed E-state index contributed by atoms with van der Waals surface area (Å²) < 4.78 is 13.1. The molecule has 0 saturated heterocycles. The maximum Gasteiger partial charge on any atom is 0.239 e. The van der Waals surface area contributed by atoms with Gasteiger partial charge in [0.1, 0.15) is 5.75 Å². The van der Waals surface area contributed by atoms with E-state index in [0.29, 0.717) is 4.47 Å². The third-order valence-corrected chi connectivity index (χ3v) is 1.80. The molecular formula is C7H3BrFNO. The van der Waals surface area contributed by atoms with E-state index >= 15 is 0 Å². The van der Waals surface area contributed by atoms with E-state index in [1.165, 1.54) is 12.1 Å². The molecule has 0 heterocycles. The normalized spacial score (nSPS) is 9.18. The first kappa shape index (κ1) is 8.02. The molecule has 1 N–H and O–H groups in total. The standard InChI is InChI=1S/C7H3BrFNO/c1-10-7-4(8)2-3-5(11)6(7)9/h2-3,11H. The van der Waals surface area contributed by atoms with Gasteiger partial charge in [-0.2, -0.15) is 0 Å². The van der Waals surface area contributed by atoms with E-state index in [9.17, 15) is 4.39 Å². The quantitative estimate of drug-likeness (QED) is 0.662. The third kappa shape index (κ3) is 1.33. The second-order valence-corrected chi connectivity index (χ2v) is 2.70. The first-order valence-corrected chi connectivity index (χ1v) is 3.50. The van der Waals surface area contributed by atoms with Crippen LogP contribution in [-0.4, -0.2) is 5.11 Å². The van der Waals surface area contributed by atoms with Crippen LogP contribution in [0.5, 0.6) is 5.75 Å². The van der Waals surface area contributed by atoms with E-state index < -0.39 is 11.6 Å². The van der Waals surface area contributed by atoms with Crippen molar-refractivity contribution in [3.05, 3.63) is 33.8 Å². The van der Waals surface area contributed by atoms with Crippen LogP contribution in [0, 0.1) is 12.4 Å². The van der Waals surface area contributed by atoms with E-state index in [2.05, 4.69) is 20.8 Å². The first-order chi connectivity index (χ1) is 5.16. The van der Waals surface area contributed by atoms with Gasteiger partial charge < -0.3 is 5.11 Å². The molecule has 0 aliphatic heterocycles. The number of hydrogen-bond donors (Lipinski definition) is 1. The van der Waals surface area contributed by atoms with Gasteiger partial charge >= 0.3 is 0 Å². The van der Waals surface area contributed by atoms with Gasteiger partial charge in [0.05, 0.1) is 6.57 Å². The Balaban J connectivity index is 3.44. The predicted octanol–water partition coefficient (Wildman–Crippen LogP) is 2.84. The van der Waals surface area contributed by atoms with Crippen LogP contribution in [0.25, 0.3) is 4.85 Å². The van der Waals surface area contributed by atoms with Crippen molar-refractivity contribution < 1.29 is 9.50 Å². The van der Waals surface area contributed by atoms with Crippen LogP contribution in [0.1, 0.15) is 0 Å². The van der Waals surface area contributed by atoms with Crippen LogP contribution < -0.4 is 0 Å². The van der Waals surface area contributed by atoms with Gasteiger partial charge in [0.2, 0.25) is 5.69 Å². The molecule has 0 bridgehead atoms. The summed E-state index contributed by atoms with van der Waals surface area (Å²) >= 11 is 2.98. The molecule has 0 aliphatic rings. The molecule has 2 nitrogen and oxygen atoms in total. The third-order valence-electron chi connectivity index (χ3n) is 1.16. The molecule has 1 aromatic carbocycles. The van der Waals surface area contributed by atoms with Crippen molar-refractivity contribution in [2.24, 2.45) is 0 Å². The Morgan fingerprint density at radius 3 is 2.64 bits per heavy atom. The smallest absolute Gasteiger partial charge is 0.239 e. The maximum atomic E-state index is 12.8. The average Bonchev–Trinajstić information content (AvgIpc) is 1.99. The number of phenolic OH excluding ortho intramolecular Hbond substituents is 1. The Labute approximate surface area is 71.2 Å². The van der Waals surface area contributed by atoms with Crippen LogP contribution in [-0.2, 0) is 0 Å². The van der Waals surface area contributed by atoms with Crippen LogP contribution in [0.15, 0.2) is 16.6 Å². The topological polar surface area (TPSA) is 24.6 Å². The maximum absolute atomic E-state index is 12.8. The molecule has 0 atom stereocenters. The minimum Gasteiger partial charge on any atom is -0.506 e. The highest BCUT2D eigenvalue weighted by Gasteiger charge is 2.10. The molecule has 0 unspecified atom stereocenters. The second kappa shape index (κ2) is 2.89. The van der Waals surface area contributed by atoms with Crippen LogP contribution in [0.2, 0.25) is 0 Å². The molecule has 0 amide bonds. The minimum atomic E-state index is -0.880. The van der Waals surface area contributed by atoms with Crippen molar-refractivity contribution >= 4 is 21.6 Å². The molecule has 11 heavy (non-hydrogen) atoms. The highest BCUT2D eigenvalue weighted by atomic mass is 79.9. The Bertz CT molecular complexity index is 332. The fraction of sp³-hybridized carbons (Fsp3) is 0. The SMILES string of the molecule is [C-]#[N+]c1c(Br)ccc(O)c1F. The van der Waals surface area contributed by atoms with E-state index in [4.69, 9.17) is 11.7 Å². The lowest BCUT2D eigenvalue weighted by Crippen LogP contribution is -1.76. The van der Waals surface area contributed by atoms with E-state index in [1.807, 2.05) is 0 Å². The summed E-state index contributed by atoms with van der Waals surface area (Å²) in [5, 5.41) is 8.82. The largest absolute Gasteiger partial charge is 0.506 e. The van der Waals surface area contributed by atoms with E-state index in [0.717, 1.165) is 0 Å². The highest BCUT2D eigenvalue weighted by Crippen LogP contribution is 2.33. The summed E-state index contributed by atoms with van der Waals surface area (Å²) in [7, 11) is 0. The van der Waals surface area contributed by atoms with Crippen molar-refractivity contribution in [3.8, 4) is 5.75 Å². The number of aromatic hydroxyl groups is 1. The summed E-state index contributed by atoms with van der Waals surface area (Å²) in [6.45, 7) is 6.57.